The topological polar surface area (TPSA) is 58.7 Å². The molecule has 1 aromatic carbocycles. The van der Waals surface area contributed by atoms with E-state index in [2.05, 4.69) is 11.8 Å². The molecule has 2 unspecified atom stereocenters. The minimum Gasteiger partial charge on any atom is -0.394 e. The smallest absolute Gasteiger partial charge is 0.0933 e. The van der Waals surface area contributed by atoms with Crippen molar-refractivity contribution in [1.29, 1.82) is 0 Å². The zero-order valence-corrected chi connectivity index (χ0v) is 11.9. The lowest BCUT2D eigenvalue weighted by atomic mass is 10.1. The Balaban J connectivity index is 2.06. The highest BCUT2D eigenvalue weighted by Crippen LogP contribution is 2.22. The summed E-state index contributed by atoms with van der Waals surface area (Å²) in [7, 11) is 0. The standard InChI is InChI=1S/C14H21ClN2O2/c1-10-9-19-13(8-18)7-17(10)6-12-3-2-11(5-16)4-14(12)15/h2-4,10,13,18H,5-9,16H2,1H3. The fourth-order valence-electron chi connectivity index (χ4n) is 2.27. The maximum Gasteiger partial charge on any atom is 0.0933 e. The molecule has 1 saturated heterocycles. The van der Waals surface area contributed by atoms with Crippen molar-refractivity contribution in [3.63, 3.8) is 0 Å². The van der Waals surface area contributed by atoms with E-state index in [1.807, 2.05) is 18.2 Å². The number of nitrogens with two attached hydrogens (primary N) is 1. The van der Waals surface area contributed by atoms with E-state index in [4.69, 9.17) is 22.1 Å². The van der Waals surface area contributed by atoms with Crippen molar-refractivity contribution in [2.45, 2.75) is 32.2 Å². The Kier molecular flexibility index (Phi) is 5.19. The number of aliphatic hydroxyl groups excluding tert-OH is 1. The van der Waals surface area contributed by atoms with Crippen molar-refractivity contribution in [1.82, 2.24) is 4.90 Å². The van der Waals surface area contributed by atoms with Gasteiger partial charge < -0.3 is 15.6 Å². The van der Waals surface area contributed by atoms with Crippen LogP contribution in [0.15, 0.2) is 18.2 Å². The second kappa shape index (κ2) is 6.68. The molecule has 5 heteroatoms. The summed E-state index contributed by atoms with van der Waals surface area (Å²) in [5.41, 5.74) is 7.72. The molecule has 4 nitrogen and oxygen atoms in total. The van der Waals surface area contributed by atoms with Crippen LogP contribution in [-0.4, -0.2) is 41.9 Å². The van der Waals surface area contributed by atoms with Crippen molar-refractivity contribution in [2.75, 3.05) is 19.8 Å². The van der Waals surface area contributed by atoms with E-state index in [9.17, 15) is 5.11 Å². The lowest BCUT2D eigenvalue weighted by molar-refractivity contribution is -0.0805. The van der Waals surface area contributed by atoms with Gasteiger partial charge in [-0.1, -0.05) is 23.7 Å². The number of nitrogens with zero attached hydrogens (tertiary/aromatic N) is 1. The maximum atomic E-state index is 9.19. The fourth-order valence-corrected chi connectivity index (χ4v) is 2.53. The Bertz CT molecular complexity index is 428. The van der Waals surface area contributed by atoms with Gasteiger partial charge in [-0.05, 0) is 24.1 Å². The minimum atomic E-state index is -0.0988. The summed E-state index contributed by atoms with van der Waals surface area (Å²) in [5, 5.41) is 9.94. The van der Waals surface area contributed by atoms with Crippen molar-refractivity contribution < 1.29 is 9.84 Å². The molecule has 2 rings (SSSR count). The summed E-state index contributed by atoms with van der Waals surface area (Å²) in [6, 6.07) is 6.29. The molecule has 2 atom stereocenters. The van der Waals surface area contributed by atoms with Crippen LogP contribution in [0, 0.1) is 0 Å². The molecule has 0 aromatic heterocycles. The van der Waals surface area contributed by atoms with E-state index >= 15 is 0 Å². The largest absolute Gasteiger partial charge is 0.394 e. The number of rotatable bonds is 4. The highest BCUT2D eigenvalue weighted by atomic mass is 35.5. The van der Waals surface area contributed by atoms with Crippen molar-refractivity contribution in [3.8, 4) is 0 Å². The molecule has 1 aromatic rings. The Morgan fingerprint density at radius 2 is 2.32 bits per heavy atom. The summed E-state index contributed by atoms with van der Waals surface area (Å²) in [5.74, 6) is 0. The first-order chi connectivity index (χ1) is 9.13. The van der Waals surface area contributed by atoms with Crippen molar-refractivity contribution in [2.24, 2.45) is 5.73 Å². The molecule has 0 saturated carbocycles. The van der Waals surface area contributed by atoms with Gasteiger partial charge >= 0.3 is 0 Å². The second-order valence-electron chi connectivity index (χ2n) is 5.05. The van der Waals surface area contributed by atoms with E-state index in [1.54, 1.807) is 0 Å². The normalized spacial score (nSPS) is 24.6. The van der Waals surface area contributed by atoms with Crippen LogP contribution in [0.1, 0.15) is 18.1 Å². The lowest BCUT2D eigenvalue weighted by Crippen LogP contribution is -2.48. The molecule has 19 heavy (non-hydrogen) atoms. The average molecular weight is 285 g/mol. The summed E-state index contributed by atoms with van der Waals surface area (Å²) in [6.45, 7) is 4.82. The molecule has 1 aliphatic rings. The van der Waals surface area contributed by atoms with Gasteiger partial charge in [-0.3, -0.25) is 4.90 Å². The molecule has 0 bridgehead atoms. The number of aliphatic hydroxyl groups is 1. The molecular weight excluding hydrogens is 264 g/mol. The van der Waals surface area contributed by atoms with Gasteiger partial charge in [-0.25, -0.2) is 0 Å². The van der Waals surface area contributed by atoms with Gasteiger partial charge in [-0.15, -0.1) is 0 Å². The lowest BCUT2D eigenvalue weighted by Gasteiger charge is -2.37. The zero-order valence-electron chi connectivity index (χ0n) is 11.2. The predicted molar refractivity (Wildman–Crippen MR) is 76.0 cm³/mol. The van der Waals surface area contributed by atoms with Crippen LogP contribution in [0.4, 0.5) is 0 Å². The number of ether oxygens (including phenoxy) is 1. The van der Waals surface area contributed by atoms with Gasteiger partial charge in [0.25, 0.3) is 0 Å². The van der Waals surface area contributed by atoms with E-state index < -0.39 is 0 Å². The summed E-state index contributed by atoms with van der Waals surface area (Å²) < 4.78 is 5.53. The molecule has 0 spiro atoms. The maximum absolute atomic E-state index is 9.19. The monoisotopic (exact) mass is 284 g/mol. The second-order valence-corrected chi connectivity index (χ2v) is 5.45. The third-order valence-corrected chi connectivity index (χ3v) is 3.92. The Morgan fingerprint density at radius 1 is 1.53 bits per heavy atom. The van der Waals surface area contributed by atoms with Crippen LogP contribution < -0.4 is 5.73 Å². The van der Waals surface area contributed by atoms with E-state index in [1.165, 1.54) is 0 Å². The van der Waals surface area contributed by atoms with E-state index in [0.717, 1.165) is 29.2 Å². The number of hydrogen-bond donors (Lipinski definition) is 2. The van der Waals surface area contributed by atoms with Crippen molar-refractivity contribution in [3.05, 3.63) is 34.3 Å². The fraction of sp³-hybridized carbons (Fsp3) is 0.571. The van der Waals surface area contributed by atoms with Crippen LogP contribution in [0.2, 0.25) is 5.02 Å². The van der Waals surface area contributed by atoms with Gasteiger partial charge in [0.15, 0.2) is 0 Å². The molecule has 3 N–H and O–H groups in total. The number of hydrogen-bond acceptors (Lipinski definition) is 4. The first-order valence-electron chi connectivity index (χ1n) is 6.58. The van der Waals surface area contributed by atoms with Gasteiger partial charge in [0.05, 0.1) is 19.3 Å². The third-order valence-electron chi connectivity index (χ3n) is 3.56. The molecule has 1 heterocycles. The zero-order chi connectivity index (χ0) is 13.8. The summed E-state index contributed by atoms with van der Waals surface area (Å²) in [6.07, 6.45) is -0.0988. The van der Waals surface area contributed by atoms with Gasteiger partial charge in [0.1, 0.15) is 0 Å². The van der Waals surface area contributed by atoms with Crippen molar-refractivity contribution >= 4 is 11.6 Å². The number of benzene rings is 1. The Hall–Kier alpha value is -0.650. The predicted octanol–water partition coefficient (Wildman–Crippen LogP) is 1.38. The van der Waals surface area contributed by atoms with Crippen LogP contribution in [0.25, 0.3) is 0 Å². The number of halogens is 1. The van der Waals surface area contributed by atoms with Gasteiger partial charge in [-0.2, -0.15) is 0 Å². The molecule has 0 amide bonds. The average Bonchev–Trinajstić information content (AvgIpc) is 2.43. The van der Waals surface area contributed by atoms with Crippen LogP contribution >= 0.6 is 11.6 Å². The summed E-state index contributed by atoms with van der Waals surface area (Å²) >= 11 is 6.28. The Labute approximate surface area is 119 Å². The highest BCUT2D eigenvalue weighted by molar-refractivity contribution is 6.31. The van der Waals surface area contributed by atoms with Gasteiger partial charge in [0, 0.05) is 30.7 Å². The van der Waals surface area contributed by atoms with Crippen LogP contribution in [0.3, 0.4) is 0 Å². The van der Waals surface area contributed by atoms with E-state index in [0.29, 0.717) is 19.2 Å². The first kappa shape index (κ1) is 14.8. The SMILES string of the molecule is CC1COC(CO)CN1Cc1ccc(CN)cc1Cl. The Morgan fingerprint density at radius 3 is 2.95 bits per heavy atom. The molecule has 106 valence electrons. The van der Waals surface area contributed by atoms with Gasteiger partial charge in [0.2, 0.25) is 0 Å². The number of morpholine rings is 1. The quantitative estimate of drug-likeness (QED) is 0.877. The molecule has 0 aliphatic carbocycles. The minimum absolute atomic E-state index is 0.0586. The third kappa shape index (κ3) is 3.68. The molecule has 1 fully saturated rings. The molecule has 1 aliphatic heterocycles. The molecular formula is C14H21ClN2O2. The van der Waals surface area contributed by atoms with Crippen LogP contribution in [-0.2, 0) is 17.8 Å². The van der Waals surface area contributed by atoms with E-state index in [-0.39, 0.29) is 12.7 Å². The first-order valence-corrected chi connectivity index (χ1v) is 6.95. The summed E-state index contributed by atoms with van der Waals surface area (Å²) in [4.78, 5) is 2.29. The van der Waals surface area contributed by atoms with Crippen LogP contribution in [0.5, 0.6) is 0 Å². The molecule has 0 radical (unpaired) electrons. The highest BCUT2D eigenvalue weighted by Gasteiger charge is 2.25.